The lowest BCUT2D eigenvalue weighted by molar-refractivity contribution is 0.114. The zero-order chi connectivity index (χ0) is 12.0. The highest BCUT2D eigenvalue weighted by atomic mass is 14.5. The van der Waals surface area contributed by atoms with E-state index in [1.165, 1.54) is 25.7 Å². The highest BCUT2D eigenvalue weighted by molar-refractivity contribution is 5.27. The second-order valence-electron chi connectivity index (χ2n) is 6.70. The van der Waals surface area contributed by atoms with Crippen LogP contribution in [0.25, 0.3) is 0 Å². The Morgan fingerprint density at radius 3 is 2.69 bits per heavy atom. The van der Waals surface area contributed by atoms with E-state index in [0.717, 1.165) is 11.8 Å². The van der Waals surface area contributed by atoms with Crippen LogP contribution in [0.4, 0.5) is 0 Å². The van der Waals surface area contributed by atoms with Crippen molar-refractivity contribution in [1.29, 1.82) is 0 Å². The molecule has 0 N–H and O–H groups in total. The van der Waals surface area contributed by atoms with E-state index in [1.54, 1.807) is 5.57 Å². The summed E-state index contributed by atoms with van der Waals surface area (Å²) in [7, 11) is 0. The van der Waals surface area contributed by atoms with Gasteiger partial charge in [0.2, 0.25) is 0 Å². The van der Waals surface area contributed by atoms with Crippen LogP contribution in [0.5, 0.6) is 0 Å². The lowest BCUT2D eigenvalue weighted by Gasteiger charge is -2.51. The van der Waals surface area contributed by atoms with Crippen LogP contribution in [0, 0.1) is 22.7 Å². The quantitative estimate of drug-likeness (QED) is 0.545. The molecule has 16 heavy (non-hydrogen) atoms. The fraction of sp³-hybridized carbons (Fsp3) is 0.750. The molecule has 0 aliphatic heterocycles. The van der Waals surface area contributed by atoms with Gasteiger partial charge >= 0.3 is 0 Å². The summed E-state index contributed by atoms with van der Waals surface area (Å²) in [5, 5.41) is 0. The first-order valence-corrected chi connectivity index (χ1v) is 6.76. The Bertz CT molecular complexity index is 321. The summed E-state index contributed by atoms with van der Waals surface area (Å²) >= 11 is 0. The van der Waals surface area contributed by atoms with Crippen molar-refractivity contribution in [2.24, 2.45) is 22.7 Å². The molecule has 0 bridgehead atoms. The largest absolute Gasteiger partial charge is 0.103 e. The third kappa shape index (κ3) is 1.58. The van der Waals surface area contributed by atoms with Crippen molar-refractivity contribution in [3.63, 3.8) is 0 Å². The smallest absolute Gasteiger partial charge is 0.00550 e. The zero-order valence-electron chi connectivity index (χ0n) is 11.3. The van der Waals surface area contributed by atoms with Gasteiger partial charge in [0.25, 0.3) is 0 Å². The second-order valence-corrected chi connectivity index (χ2v) is 6.70. The summed E-state index contributed by atoms with van der Waals surface area (Å²) in [5.74, 6) is 1.49. The molecule has 90 valence electrons. The zero-order valence-corrected chi connectivity index (χ0v) is 11.3. The SMILES string of the molecule is C=C[C@@]1(C)[C@H](C)CC=C2[C@@H]1CCCC2(C)C. The van der Waals surface area contributed by atoms with Gasteiger partial charge in [-0.3, -0.25) is 0 Å². The molecule has 2 rings (SSSR count). The molecule has 1 fully saturated rings. The van der Waals surface area contributed by atoms with Crippen molar-refractivity contribution in [3.05, 3.63) is 24.3 Å². The van der Waals surface area contributed by atoms with Crippen molar-refractivity contribution >= 4 is 0 Å². The van der Waals surface area contributed by atoms with E-state index in [2.05, 4.69) is 46.4 Å². The predicted molar refractivity (Wildman–Crippen MR) is 71.3 cm³/mol. The minimum absolute atomic E-state index is 0.321. The van der Waals surface area contributed by atoms with Crippen LogP contribution in [-0.4, -0.2) is 0 Å². The number of hydrogen-bond acceptors (Lipinski definition) is 0. The molecule has 0 aromatic heterocycles. The van der Waals surface area contributed by atoms with E-state index in [0.29, 0.717) is 10.8 Å². The molecule has 0 heterocycles. The van der Waals surface area contributed by atoms with E-state index in [-0.39, 0.29) is 0 Å². The van der Waals surface area contributed by atoms with Crippen LogP contribution in [0.3, 0.4) is 0 Å². The van der Waals surface area contributed by atoms with Gasteiger partial charge in [-0.25, -0.2) is 0 Å². The third-order valence-corrected chi connectivity index (χ3v) is 5.40. The van der Waals surface area contributed by atoms with Crippen molar-refractivity contribution in [2.45, 2.75) is 53.4 Å². The van der Waals surface area contributed by atoms with Gasteiger partial charge in [-0.05, 0) is 41.9 Å². The Morgan fingerprint density at radius 2 is 2.06 bits per heavy atom. The summed E-state index contributed by atoms with van der Waals surface area (Å²) in [6.45, 7) is 13.8. The monoisotopic (exact) mass is 218 g/mol. The Labute approximate surface area is 101 Å². The summed E-state index contributed by atoms with van der Waals surface area (Å²) in [4.78, 5) is 0. The molecule has 0 radical (unpaired) electrons. The van der Waals surface area contributed by atoms with Gasteiger partial charge in [0.1, 0.15) is 0 Å². The Morgan fingerprint density at radius 1 is 1.38 bits per heavy atom. The van der Waals surface area contributed by atoms with Crippen molar-refractivity contribution < 1.29 is 0 Å². The van der Waals surface area contributed by atoms with E-state index in [1.807, 2.05) is 0 Å². The molecule has 0 amide bonds. The van der Waals surface area contributed by atoms with Crippen LogP contribution < -0.4 is 0 Å². The molecule has 0 saturated heterocycles. The maximum absolute atomic E-state index is 4.12. The van der Waals surface area contributed by atoms with Gasteiger partial charge in [0.15, 0.2) is 0 Å². The van der Waals surface area contributed by atoms with Crippen LogP contribution in [0.15, 0.2) is 24.3 Å². The predicted octanol–water partition coefficient (Wildman–Crippen LogP) is 4.97. The topological polar surface area (TPSA) is 0 Å². The van der Waals surface area contributed by atoms with Gasteiger partial charge < -0.3 is 0 Å². The van der Waals surface area contributed by atoms with Crippen LogP contribution in [0.2, 0.25) is 0 Å². The molecule has 3 atom stereocenters. The Hall–Kier alpha value is -0.520. The van der Waals surface area contributed by atoms with Crippen molar-refractivity contribution in [3.8, 4) is 0 Å². The summed E-state index contributed by atoms with van der Waals surface area (Å²) < 4.78 is 0. The maximum atomic E-state index is 4.12. The fourth-order valence-corrected chi connectivity index (χ4v) is 3.83. The molecule has 2 aliphatic carbocycles. The molecule has 0 heteroatoms. The van der Waals surface area contributed by atoms with Crippen molar-refractivity contribution in [1.82, 2.24) is 0 Å². The molecular formula is C16H26. The van der Waals surface area contributed by atoms with E-state index in [9.17, 15) is 0 Å². The number of rotatable bonds is 1. The highest BCUT2D eigenvalue weighted by Crippen LogP contribution is 2.56. The first-order chi connectivity index (χ1) is 7.42. The molecule has 0 aromatic carbocycles. The highest BCUT2D eigenvalue weighted by Gasteiger charge is 2.46. The first-order valence-electron chi connectivity index (χ1n) is 6.76. The van der Waals surface area contributed by atoms with Gasteiger partial charge in [-0.1, -0.05) is 51.8 Å². The van der Waals surface area contributed by atoms with Gasteiger partial charge in [-0.2, -0.15) is 0 Å². The molecular weight excluding hydrogens is 192 g/mol. The lowest BCUT2D eigenvalue weighted by Crippen LogP contribution is -2.42. The summed E-state index contributed by atoms with van der Waals surface area (Å²) in [6, 6.07) is 0. The standard InChI is InChI=1S/C16H26/c1-6-16(5)12(2)9-10-13-14(16)8-7-11-15(13,3)4/h6,10,12,14H,1,7-9,11H2,2-5H3/t12-,14+,16+/m1/s1. The van der Waals surface area contributed by atoms with E-state index < -0.39 is 0 Å². The summed E-state index contributed by atoms with van der Waals surface area (Å²) in [6.07, 6.45) is 10.1. The molecule has 2 aliphatic rings. The average molecular weight is 218 g/mol. The van der Waals surface area contributed by atoms with Gasteiger partial charge in [-0.15, -0.1) is 6.58 Å². The third-order valence-electron chi connectivity index (χ3n) is 5.40. The number of hydrogen-bond donors (Lipinski definition) is 0. The van der Waals surface area contributed by atoms with Crippen LogP contribution in [0.1, 0.15) is 53.4 Å². The van der Waals surface area contributed by atoms with Gasteiger partial charge in [0, 0.05) is 0 Å². The molecule has 0 unspecified atom stereocenters. The van der Waals surface area contributed by atoms with E-state index in [4.69, 9.17) is 0 Å². The van der Waals surface area contributed by atoms with Crippen LogP contribution in [-0.2, 0) is 0 Å². The lowest BCUT2D eigenvalue weighted by atomic mass is 9.53. The number of fused-ring (bicyclic) bond motifs is 1. The van der Waals surface area contributed by atoms with E-state index >= 15 is 0 Å². The fourth-order valence-electron chi connectivity index (χ4n) is 3.83. The minimum Gasteiger partial charge on any atom is -0.103 e. The minimum atomic E-state index is 0.321. The normalized spacial score (nSPS) is 42.1. The molecule has 0 nitrogen and oxygen atoms in total. The Kier molecular flexibility index (Phi) is 2.80. The molecule has 1 saturated carbocycles. The average Bonchev–Trinajstić information content (AvgIpc) is 2.23. The second kappa shape index (κ2) is 3.75. The number of allylic oxidation sites excluding steroid dienone is 3. The molecule has 0 spiro atoms. The maximum Gasteiger partial charge on any atom is -0.00550 e. The van der Waals surface area contributed by atoms with Gasteiger partial charge in [0.05, 0.1) is 0 Å². The summed E-state index contributed by atoms with van der Waals surface area (Å²) in [5.41, 5.74) is 2.47. The molecule has 0 aromatic rings. The Balaban J connectivity index is 2.42. The van der Waals surface area contributed by atoms with Crippen LogP contribution >= 0.6 is 0 Å². The van der Waals surface area contributed by atoms with Crippen molar-refractivity contribution in [2.75, 3.05) is 0 Å². The first kappa shape index (κ1) is 12.0.